The smallest absolute Gasteiger partial charge is 0.267 e. The molecule has 3 heterocycles. The lowest BCUT2D eigenvalue weighted by atomic mass is 9.98. The van der Waals surface area contributed by atoms with E-state index in [4.69, 9.17) is 20.2 Å². The molecule has 0 saturated carbocycles. The summed E-state index contributed by atoms with van der Waals surface area (Å²) in [6.07, 6.45) is 3.23. The fourth-order valence-electron chi connectivity index (χ4n) is 3.91. The minimum absolute atomic E-state index is 0.304. The molecule has 0 aliphatic carbocycles. The number of nitrogens with two attached hydrogens (primary N) is 1. The molecule has 0 unspecified atom stereocenters. The largest absolute Gasteiger partial charge is 0.497 e. The number of carbonyl (C=O) groups is 1. The fraction of sp³-hybridized carbons (Fsp3) is 0.0741. The third-order valence-corrected chi connectivity index (χ3v) is 6.71. The lowest BCUT2D eigenvalue weighted by Crippen LogP contribution is -2.11. The van der Waals surface area contributed by atoms with E-state index in [0.29, 0.717) is 38.0 Å². The van der Waals surface area contributed by atoms with E-state index in [1.54, 1.807) is 38.7 Å². The number of nitrogens with one attached hydrogen (secondary N) is 1. The van der Waals surface area contributed by atoms with Crippen LogP contribution in [0.2, 0.25) is 0 Å². The molecule has 3 N–H and O–H groups in total. The van der Waals surface area contributed by atoms with Crippen LogP contribution < -0.4 is 20.5 Å². The van der Waals surface area contributed by atoms with E-state index < -0.39 is 0 Å². The number of benzene rings is 2. The van der Waals surface area contributed by atoms with Crippen molar-refractivity contribution in [1.29, 1.82) is 0 Å². The number of nitrogen functional groups attached to an aromatic ring is 1. The van der Waals surface area contributed by atoms with Gasteiger partial charge in [-0.1, -0.05) is 30.3 Å². The fourth-order valence-corrected chi connectivity index (χ4v) is 4.92. The number of carbonyl (C=O) groups excluding carboxylic acids is 1. The summed E-state index contributed by atoms with van der Waals surface area (Å²) in [7, 11) is 3.23. The number of fused-ring (bicyclic) bond motifs is 1. The van der Waals surface area contributed by atoms with Crippen LogP contribution in [0.25, 0.3) is 32.6 Å². The summed E-state index contributed by atoms with van der Waals surface area (Å²) in [6, 6.07) is 20.9. The van der Waals surface area contributed by atoms with Crippen LogP contribution in [-0.4, -0.2) is 30.1 Å². The van der Waals surface area contributed by atoms with Gasteiger partial charge >= 0.3 is 0 Å². The molecule has 3 aromatic heterocycles. The molecule has 2 aromatic carbocycles. The summed E-state index contributed by atoms with van der Waals surface area (Å²) in [4.78, 5) is 23.1. The van der Waals surface area contributed by atoms with Gasteiger partial charge in [0.25, 0.3) is 5.91 Å². The van der Waals surface area contributed by atoms with Crippen LogP contribution >= 0.6 is 11.3 Å². The second kappa shape index (κ2) is 9.44. The zero-order valence-corrected chi connectivity index (χ0v) is 19.9. The maximum absolute atomic E-state index is 13.2. The van der Waals surface area contributed by atoms with Gasteiger partial charge in [-0.05, 0) is 36.4 Å². The highest BCUT2D eigenvalue weighted by Gasteiger charge is 2.23. The highest BCUT2D eigenvalue weighted by Crippen LogP contribution is 2.44. The Hall–Kier alpha value is -4.43. The highest BCUT2D eigenvalue weighted by molar-refractivity contribution is 7.21. The Morgan fingerprint density at radius 2 is 1.71 bits per heavy atom. The van der Waals surface area contributed by atoms with E-state index in [2.05, 4.69) is 10.3 Å². The van der Waals surface area contributed by atoms with Crippen LogP contribution in [0.3, 0.4) is 0 Å². The molecule has 174 valence electrons. The predicted molar refractivity (Wildman–Crippen MR) is 140 cm³/mol. The van der Waals surface area contributed by atoms with Crippen LogP contribution in [0, 0.1) is 0 Å². The molecule has 0 spiro atoms. The monoisotopic (exact) mass is 482 g/mol. The van der Waals surface area contributed by atoms with Gasteiger partial charge in [0, 0.05) is 40.2 Å². The average molecular weight is 483 g/mol. The maximum Gasteiger partial charge on any atom is 0.267 e. The molecule has 1 amide bonds. The van der Waals surface area contributed by atoms with E-state index in [-0.39, 0.29) is 5.91 Å². The van der Waals surface area contributed by atoms with E-state index in [1.807, 2.05) is 54.6 Å². The van der Waals surface area contributed by atoms with Crippen molar-refractivity contribution in [1.82, 2.24) is 9.97 Å². The first-order valence-electron chi connectivity index (χ1n) is 10.8. The van der Waals surface area contributed by atoms with Crippen LogP contribution in [0.4, 0.5) is 11.4 Å². The topological polar surface area (TPSA) is 99.4 Å². The second-order valence-electron chi connectivity index (χ2n) is 7.70. The molecule has 0 radical (unpaired) electrons. The quantitative estimate of drug-likeness (QED) is 0.314. The standard InChI is InChI=1S/C27H22N4O3S/c1-33-18-8-9-22(34-2)19(14-18)20-15-21(16-6-4-3-5-7-16)31-27-23(20)24(28)25(35-27)26(32)30-17-10-12-29-13-11-17/h3-15H,28H2,1-2H3,(H,29,30,32). The highest BCUT2D eigenvalue weighted by atomic mass is 32.1. The minimum atomic E-state index is -0.304. The number of rotatable bonds is 6. The number of hydrogen-bond acceptors (Lipinski definition) is 7. The van der Waals surface area contributed by atoms with Gasteiger partial charge in [0.1, 0.15) is 21.2 Å². The van der Waals surface area contributed by atoms with Crippen LogP contribution in [0.15, 0.2) is 79.1 Å². The van der Waals surface area contributed by atoms with E-state index in [0.717, 1.165) is 22.4 Å². The van der Waals surface area contributed by atoms with Gasteiger partial charge in [-0.2, -0.15) is 0 Å². The summed E-state index contributed by atoms with van der Waals surface area (Å²) >= 11 is 1.26. The van der Waals surface area contributed by atoms with Crippen molar-refractivity contribution in [2.75, 3.05) is 25.3 Å². The summed E-state index contributed by atoms with van der Waals surface area (Å²) in [5.74, 6) is 1.03. The molecule has 7 nitrogen and oxygen atoms in total. The summed E-state index contributed by atoms with van der Waals surface area (Å²) in [5.41, 5.74) is 10.9. The molecule has 5 rings (SSSR count). The lowest BCUT2D eigenvalue weighted by molar-refractivity contribution is 0.103. The lowest BCUT2D eigenvalue weighted by Gasteiger charge is -2.14. The Balaban J connectivity index is 1.74. The van der Waals surface area contributed by atoms with Crippen LogP contribution in [0.1, 0.15) is 9.67 Å². The van der Waals surface area contributed by atoms with Crippen molar-refractivity contribution in [2.24, 2.45) is 0 Å². The third kappa shape index (κ3) is 4.27. The minimum Gasteiger partial charge on any atom is -0.497 e. The maximum atomic E-state index is 13.2. The number of thiophene rings is 1. The first kappa shape index (κ1) is 22.4. The molecule has 0 saturated heterocycles. The molecule has 8 heteroatoms. The van der Waals surface area contributed by atoms with Crippen LogP contribution in [-0.2, 0) is 0 Å². The summed E-state index contributed by atoms with van der Waals surface area (Å²) < 4.78 is 11.1. The molecule has 5 aromatic rings. The van der Waals surface area contributed by atoms with Gasteiger partial charge in [0.15, 0.2) is 0 Å². The zero-order chi connectivity index (χ0) is 24.4. The van der Waals surface area contributed by atoms with Crippen LogP contribution in [0.5, 0.6) is 11.5 Å². The first-order valence-corrected chi connectivity index (χ1v) is 11.6. The average Bonchev–Trinajstić information content (AvgIpc) is 3.25. The predicted octanol–water partition coefficient (Wildman–Crippen LogP) is 5.88. The molecule has 35 heavy (non-hydrogen) atoms. The van der Waals surface area contributed by atoms with E-state index in [9.17, 15) is 4.79 Å². The summed E-state index contributed by atoms with van der Waals surface area (Å²) in [6.45, 7) is 0. The van der Waals surface area contributed by atoms with Gasteiger partial charge in [-0.15, -0.1) is 11.3 Å². The Bertz CT molecular complexity index is 1520. The molecule has 0 atom stereocenters. The molecule has 0 fully saturated rings. The molecule has 0 aliphatic rings. The Kier molecular flexibility index (Phi) is 6.03. The van der Waals surface area contributed by atoms with Gasteiger partial charge in [-0.25, -0.2) is 4.98 Å². The Morgan fingerprint density at radius 1 is 0.943 bits per heavy atom. The van der Waals surface area contributed by atoms with E-state index in [1.165, 1.54) is 11.3 Å². The van der Waals surface area contributed by atoms with Gasteiger partial charge in [0.2, 0.25) is 0 Å². The molecular weight excluding hydrogens is 460 g/mol. The number of hydrogen-bond donors (Lipinski definition) is 2. The van der Waals surface area contributed by atoms with Crippen molar-refractivity contribution in [3.05, 3.63) is 84.0 Å². The van der Waals surface area contributed by atoms with E-state index >= 15 is 0 Å². The number of ether oxygens (including phenoxy) is 2. The first-order chi connectivity index (χ1) is 17.1. The van der Waals surface area contributed by atoms with Crippen molar-refractivity contribution < 1.29 is 14.3 Å². The molecule has 0 bridgehead atoms. The number of methoxy groups -OCH3 is 2. The number of anilines is 2. The number of aromatic nitrogens is 2. The number of pyridine rings is 2. The van der Waals surface area contributed by atoms with Crippen molar-refractivity contribution >= 4 is 38.8 Å². The normalized spacial score (nSPS) is 10.8. The van der Waals surface area contributed by atoms with Crippen molar-refractivity contribution in [3.63, 3.8) is 0 Å². The van der Waals surface area contributed by atoms with Gasteiger partial charge in [-0.3, -0.25) is 9.78 Å². The number of nitrogens with zero attached hydrogens (tertiary/aromatic N) is 2. The Morgan fingerprint density at radius 3 is 2.43 bits per heavy atom. The SMILES string of the molecule is COc1ccc(OC)c(-c2cc(-c3ccccc3)nc3sc(C(=O)Nc4ccncc4)c(N)c23)c1. The summed E-state index contributed by atoms with van der Waals surface area (Å²) in [5, 5.41) is 3.58. The Labute approximate surface area is 206 Å². The van der Waals surface area contributed by atoms with Gasteiger partial charge in [0.05, 0.1) is 25.6 Å². The zero-order valence-electron chi connectivity index (χ0n) is 19.1. The molecule has 0 aliphatic heterocycles. The second-order valence-corrected chi connectivity index (χ2v) is 8.70. The van der Waals surface area contributed by atoms with Gasteiger partial charge < -0.3 is 20.5 Å². The number of amides is 1. The molecular formula is C27H22N4O3S. The van der Waals surface area contributed by atoms with Crippen molar-refractivity contribution in [3.8, 4) is 33.9 Å². The third-order valence-electron chi connectivity index (χ3n) is 5.61. The van der Waals surface area contributed by atoms with Crippen molar-refractivity contribution in [2.45, 2.75) is 0 Å².